The highest BCUT2D eigenvalue weighted by molar-refractivity contribution is 5.80. The number of alkyl carbamates (subject to hydrolysis) is 1. The van der Waals surface area contributed by atoms with Gasteiger partial charge in [0.15, 0.2) is 0 Å². The summed E-state index contributed by atoms with van der Waals surface area (Å²) in [6.45, 7) is 6.16. The minimum absolute atomic E-state index is 0.0337. The molecule has 5 nitrogen and oxygen atoms in total. The molecule has 2 rings (SSSR count). The van der Waals surface area contributed by atoms with Crippen LogP contribution in [0.5, 0.6) is 0 Å². The third-order valence-corrected chi connectivity index (χ3v) is 3.03. The fourth-order valence-corrected chi connectivity index (χ4v) is 2.11. The maximum absolute atomic E-state index is 11.5. The molecule has 2 aliphatic rings. The summed E-state index contributed by atoms with van der Waals surface area (Å²) in [6, 6.07) is 0.0845. The summed E-state index contributed by atoms with van der Waals surface area (Å²) in [6.07, 6.45) is 0.993. The summed E-state index contributed by atoms with van der Waals surface area (Å²) >= 11 is 0. The molecule has 2 atom stereocenters. The summed E-state index contributed by atoms with van der Waals surface area (Å²) in [4.78, 5) is 22.6. The van der Waals surface area contributed by atoms with Gasteiger partial charge in [0.25, 0.3) is 0 Å². The Balaban J connectivity index is 1.81. The van der Waals surface area contributed by atoms with Gasteiger partial charge in [-0.1, -0.05) is 0 Å². The molecule has 16 heavy (non-hydrogen) atoms. The molecule has 0 aromatic carbocycles. The van der Waals surface area contributed by atoms with E-state index >= 15 is 0 Å². The molecule has 2 amide bonds. The molecular formula is C11H18N2O3. The van der Waals surface area contributed by atoms with Gasteiger partial charge < -0.3 is 15.4 Å². The van der Waals surface area contributed by atoms with Crippen LogP contribution in [0.4, 0.5) is 4.79 Å². The number of rotatable bonds is 1. The molecule has 2 N–H and O–H groups in total. The zero-order chi connectivity index (χ0) is 12.0. The van der Waals surface area contributed by atoms with Gasteiger partial charge in [-0.2, -0.15) is 0 Å². The van der Waals surface area contributed by atoms with Gasteiger partial charge in [-0.25, -0.2) is 4.79 Å². The van der Waals surface area contributed by atoms with Crippen LogP contribution in [0.25, 0.3) is 0 Å². The molecule has 90 valence electrons. The second-order valence-corrected chi connectivity index (χ2v) is 5.72. The normalized spacial score (nSPS) is 32.4. The second-order valence-electron chi connectivity index (χ2n) is 5.72. The fourth-order valence-electron chi connectivity index (χ4n) is 2.11. The summed E-state index contributed by atoms with van der Waals surface area (Å²) in [5.41, 5.74) is -0.510. The van der Waals surface area contributed by atoms with Gasteiger partial charge in [0.1, 0.15) is 5.60 Å². The van der Waals surface area contributed by atoms with Gasteiger partial charge in [0.05, 0.1) is 0 Å². The van der Waals surface area contributed by atoms with Crippen molar-refractivity contribution in [2.24, 2.45) is 5.41 Å². The van der Waals surface area contributed by atoms with Crippen molar-refractivity contribution in [3.8, 4) is 0 Å². The molecule has 1 spiro atoms. The third kappa shape index (κ3) is 2.28. The first kappa shape index (κ1) is 11.2. The number of ether oxygens (including phenoxy) is 1. The lowest BCUT2D eigenvalue weighted by atomic mass is 10.1. The van der Waals surface area contributed by atoms with E-state index in [4.69, 9.17) is 4.74 Å². The minimum atomic E-state index is -0.476. The molecule has 1 aliphatic carbocycles. The first-order valence-corrected chi connectivity index (χ1v) is 5.57. The molecule has 5 heteroatoms. The first-order chi connectivity index (χ1) is 7.31. The number of carbonyl (C=O) groups is 2. The van der Waals surface area contributed by atoms with Crippen molar-refractivity contribution in [3.05, 3.63) is 0 Å². The molecule has 1 saturated heterocycles. The largest absolute Gasteiger partial charge is 0.444 e. The summed E-state index contributed by atoms with van der Waals surface area (Å²) in [5.74, 6) is 0.0773. The van der Waals surface area contributed by atoms with E-state index in [1.54, 1.807) is 0 Å². The highest BCUT2D eigenvalue weighted by Crippen LogP contribution is 2.50. The van der Waals surface area contributed by atoms with Crippen LogP contribution in [0.2, 0.25) is 0 Å². The van der Waals surface area contributed by atoms with Crippen molar-refractivity contribution in [1.29, 1.82) is 0 Å². The van der Waals surface area contributed by atoms with E-state index in [1.807, 2.05) is 20.8 Å². The average molecular weight is 226 g/mol. The van der Waals surface area contributed by atoms with Crippen molar-refractivity contribution in [2.75, 3.05) is 6.54 Å². The van der Waals surface area contributed by atoms with Gasteiger partial charge >= 0.3 is 6.09 Å². The standard InChI is InChI=1S/C11H18N2O3/c1-10(2,3)16-9(15)13-7-4-11(7)5-8(14)12-6-11/h7H,4-6H2,1-3H3,(H,12,14)(H,13,15)/t7?,11-/m1/s1. The van der Waals surface area contributed by atoms with Crippen LogP contribution in [-0.4, -0.2) is 30.2 Å². The van der Waals surface area contributed by atoms with E-state index in [1.165, 1.54) is 0 Å². The van der Waals surface area contributed by atoms with Crippen LogP contribution in [0.1, 0.15) is 33.6 Å². The van der Waals surface area contributed by atoms with Crippen molar-refractivity contribution in [3.63, 3.8) is 0 Å². The Morgan fingerprint density at radius 3 is 2.75 bits per heavy atom. The van der Waals surface area contributed by atoms with Crippen molar-refractivity contribution < 1.29 is 14.3 Å². The molecule has 1 unspecified atom stereocenters. The van der Waals surface area contributed by atoms with E-state index < -0.39 is 11.7 Å². The number of amides is 2. The lowest BCUT2D eigenvalue weighted by Gasteiger charge is -2.20. The predicted octanol–water partition coefficient (Wildman–Crippen LogP) is 0.790. The quantitative estimate of drug-likeness (QED) is 0.694. The molecule has 0 bridgehead atoms. The van der Waals surface area contributed by atoms with Gasteiger partial charge in [-0.05, 0) is 27.2 Å². The Hall–Kier alpha value is -1.26. The SMILES string of the molecule is CC(C)(C)OC(=O)NC1C[C@@]12CNC(=O)C2. The van der Waals surface area contributed by atoms with Crippen LogP contribution < -0.4 is 10.6 Å². The van der Waals surface area contributed by atoms with E-state index in [-0.39, 0.29) is 17.4 Å². The maximum Gasteiger partial charge on any atom is 0.407 e. The lowest BCUT2D eigenvalue weighted by molar-refractivity contribution is -0.119. The molecule has 1 saturated carbocycles. The van der Waals surface area contributed by atoms with Crippen molar-refractivity contribution in [1.82, 2.24) is 10.6 Å². The molecule has 0 radical (unpaired) electrons. The van der Waals surface area contributed by atoms with Crippen molar-refractivity contribution in [2.45, 2.75) is 45.3 Å². The highest BCUT2D eigenvalue weighted by Gasteiger charge is 2.59. The van der Waals surface area contributed by atoms with Crippen molar-refractivity contribution >= 4 is 12.0 Å². The van der Waals surface area contributed by atoms with Crippen LogP contribution in [0.3, 0.4) is 0 Å². The minimum Gasteiger partial charge on any atom is -0.444 e. The molecule has 1 aliphatic heterocycles. The smallest absolute Gasteiger partial charge is 0.407 e. The van der Waals surface area contributed by atoms with E-state index in [9.17, 15) is 9.59 Å². The topological polar surface area (TPSA) is 67.4 Å². The first-order valence-electron chi connectivity index (χ1n) is 5.57. The molecular weight excluding hydrogens is 208 g/mol. The number of carbonyl (C=O) groups excluding carboxylic acids is 2. The second kappa shape index (κ2) is 3.37. The molecule has 2 fully saturated rings. The van der Waals surface area contributed by atoms with E-state index in [2.05, 4.69) is 10.6 Å². The summed E-state index contributed by atoms with van der Waals surface area (Å²) < 4.78 is 5.16. The van der Waals surface area contributed by atoms with E-state index in [0.717, 1.165) is 6.42 Å². The third-order valence-electron chi connectivity index (χ3n) is 3.03. The molecule has 0 aromatic heterocycles. The van der Waals surface area contributed by atoms with Crippen LogP contribution in [0.15, 0.2) is 0 Å². The van der Waals surface area contributed by atoms with Gasteiger partial charge in [-0.15, -0.1) is 0 Å². The van der Waals surface area contributed by atoms with Gasteiger partial charge in [0, 0.05) is 24.4 Å². The molecule has 1 heterocycles. The molecule has 0 aromatic rings. The highest BCUT2D eigenvalue weighted by atomic mass is 16.6. The lowest BCUT2D eigenvalue weighted by Crippen LogP contribution is -2.36. The fraction of sp³-hybridized carbons (Fsp3) is 0.818. The predicted molar refractivity (Wildman–Crippen MR) is 57.8 cm³/mol. The zero-order valence-electron chi connectivity index (χ0n) is 9.92. The Morgan fingerprint density at radius 2 is 2.25 bits per heavy atom. The number of hydrogen-bond acceptors (Lipinski definition) is 3. The number of nitrogens with one attached hydrogen (secondary N) is 2. The Morgan fingerprint density at radius 1 is 1.56 bits per heavy atom. The summed E-state index contributed by atoms with van der Waals surface area (Å²) in [7, 11) is 0. The maximum atomic E-state index is 11.5. The Bertz CT molecular complexity index is 335. The average Bonchev–Trinajstić information content (AvgIpc) is 2.55. The number of hydrogen-bond donors (Lipinski definition) is 2. The van der Waals surface area contributed by atoms with Crippen LogP contribution in [0, 0.1) is 5.41 Å². The van der Waals surface area contributed by atoms with Crippen LogP contribution in [-0.2, 0) is 9.53 Å². The Labute approximate surface area is 94.9 Å². The summed E-state index contributed by atoms with van der Waals surface area (Å²) in [5, 5.41) is 5.60. The Kier molecular flexibility index (Phi) is 2.36. The van der Waals surface area contributed by atoms with Gasteiger partial charge in [0.2, 0.25) is 5.91 Å². The monoisotopic (exact) mass is 226 g/mol. The zero-order valence-corrected chi connectivity index (χ0v) is 9.92. The van der Waals surface area contributed by atoms with Gasteiger partial charge in [-0.3, -0.25) is 4.79 Å². The van der Waals surface area contributed by atoms with Crippen LogP contribution >= 0.6 is 0 Å². The van der Waals surface area contributed by atoms with E-state index in [0.29, 0.717) is 13.0 Å².